The molecule has 0 fully saturated rings. The van der Waals surface area contributed by atoms with E-state index in [4.69, 9.17) is 14.7 Å². The van der Waals surface area contributed by atoms with Crippen molar-refractivity contribution in [3.8, 4) is 39.7 Å². The van der Waals surface area contributed by atoms with Crippen molar-refractivity contribution in [3.63, 3.8) is 0 Å². The molecule has 0 aliphatic rings. The van der Waals surface area contributed by atoms with E-state index in [0.717, 1.165) is 83.0 Å². The average molecular weight is 764 g/mol. The minimum Gasteiger partial charge on any atom is -0.457 e. The van der Waals surface area contributed by atoms with Gasteiger partial charge >= 0.3 is 0 Å². The highest BCUT2D eigenvalue weighted by Gasteiger charge is 2.24. The molecule has 7 aromatic carbocycles. The molecular formula is C53H41N5O. The van der Waals surface area contributed by atoms with E-state index in [1.807, 2.05) is 18.5 Å². The third-order valence-electron chi connectivity index (χ3n) is 11.7. The van der Waals surface area contributed by atoms with Crippen LogP contribution in [0.4, 0.5) is 0 Å². The van der Waals surface area contributed by atoms with Crippen LogP contribution in [-0.4, -0.2) is 23.9 Å². The van der Waals surface area contributed by atoms with E-state index in [2.05, 4.69) is 187 Å². The number of benzene rings is 7. The van der Waals surface area contributed by atoms with Crippen molar-refractivity contribution in [2.75, 3.05) is 0 Å². The lowest BCUT2D eigenvalue weighted by Gasteiger charge is -2.24. The summed E-state index contributed by atoms with van der Waals surface area (Å²) in [5.41, 5.74) is 13.3. The summed E-state index contributed by atoms with van der Waals surface area (Å²) in [5, 5.41) is 5.52. The number of para-hydroxylation sites is 3. The Hall–Kier alpha value is -7.31. The van der Waals surface area contributed by atoms with Crippen LogP contribution in [0.3, 0.4) is 0 Å². The van der Waals surface area contributed by atoms with Crippen LogP contribution in [0.15, 0.2) is 164 Å². The lowest BCUT2D eigenvalue weighted by atomic mass is 9.88. The van der Waals surface area contributed by atoms with Crippen LogP contribution in [-0.2, 0) is 0 Å². The number of fused-ring (bicyclic) bond motifs is 11. The van der Waals surface area contributed by atoms with Gasteiger partial charge in [-0.05, 0) is 112 Å². The normalized spacial score (nSPS) is 12.0. The number of hydrogen-bond acceptors (Lipinski definition) is 4. The molecule has 4 aromatic heterocycles. The van der Waals surface area contributed by atoms with Gasteiger partial charge in [-0.3, -0.25) is 14.0 Å². The van der Waals surface area contributed by atoms with E-state index < -0.39 is 0 Å². The Morgan fingerprint density at radius 2 is 1.24 bits per heavy atom. The van der Waals surface area contributed by atoms with Crippen LogP contribution < -0.4 is 4.74 Å². The molecule has 11 aromatic rings. The molecule has 0 bridgehead atoms. The summed E-state index contributed by atoms with van der Waals surface area (Å²) in [6, 6.07) is 53.5. The van der Waals surface area contributed by atoms with Crippen LogP contribution in [0, 0.1) is 0 Å². The molecule has 4 heterocycles. The number of ether oxygens (including phenoxy) is 1. The molecule has 6 heteroatoms. The van der Waals surface area contributed by atoms with Crippen molar-refractivity contribution in [2.24, 2.45) is 0 Å². The number of rotatable bonds is 7. The molecule has 0 atom stereocenters. The third-order valence-corrected chi connectivity index (χ3v) is 11.7. The van der Waals surface area contributed by atoms with Crippen molar-refractivity contribution >= 4 is 60.2 Å². The van der Waals surface area contributed by atoms with Crippen LogP contribution in [0.1, 0.15) is 50.7 Å². The highest BCUT2D eigenvalue weighted by atomic mass is 16.5. The molecule has 0 amide bonds. The van der Waals surface area contributed by atoms with Gasteiger partial charge in [-0.1, -0.05) is 107 Å². The molecule has 0 saturated heterocycles. The minimum absolute atomic E-state index is 0.273. The number of hydrogen-bond donors (Lipinski definition) is 0. The number of pyridine rings is 2. The molecule has 0 unspecified atom stereocenters. The van der Waals surface area contributed by atoms with E-state index in [0.29, 0.717) is 0 Å². The second-order valence-corrected chi connectivity index (χ2v) is 16.1. The Morgan fingerprint density at radius 3 is 2.05 bits per heavy atom. The van der Waals surface area contributed by atoms with Gasteiger partial charge in [0.25, 0.3) is 0 Å². The van der Waals surface area contributed by atoms with Gasteiger partial charge in [0.05, 0.1) is 33.3 Å². The number of nitrogens with zero attached hydrogens (tertiary/aromatic N) is 5. The molecule has 0 spiro atoms. The van der Waals surface area contributed by atoms with Gasteiger partial charge in [-0.25, -0.2) is 9.97 Å². The topological polar surface area (TPSA) is 57.2 Å². The third kappa shape index (κ3) is 5.66. The molecule has 284 valence electrons. The Balaban J connectivity index is 1.07. The predicted octanol–water partition coefficient (Wildman–Crippen LogP) is 14.1. The summed E-state index contributed by atoms with van der Waals surface area (Å²) < 4.78 is 11.5. The first-order chi connectivity index (χ1) is 28.9. The lowest BCUT2D eigenvalue weighted by Crippen LogP contribution is -2.09. The second-order valence-electron chi connectivity index (χ2n) is 16.1. The van der Waals surface area contributed by atoms with E-state index in [1.165, 1.54) is 27.9 Å². The minimum atomic E-state index is 0.273. The first-order valence-corrected chi connectivity index (χ1v) is 20.4. The van der Waals surface area contributed by atoms with Crippen molar-refractivity contribution in [3.05, 3.63) is 175 Å². The summed E-state index contributed by atoms with van der Waals surface area (Å²) in [4.78, 5) is 15.0. The van der Waals surface area contributed by atoms with Crippen molar-refractivity contribution < 1.29 is 4.74 Å². The average Bonchev–Trinajstić information content (AvgIpc) is 3.86. The SMILES string of the molecule is CC(C)c1cc(-c2ccccc2)cc(C(C)C)c1-n1c(-c2cccc(Oc3ccc4c5ccccc5n5c(nc6ccc7cnccc7c65)c4c3)c2)nc2ccccc21. The van der Waals surface area contributed by atoms with E-state index in [1.54, 1.807) is 0 Å². The zero-order valence-corrected chi connectivity index (χ0v) is 33.4. The van der Waals surface area contributed by atoms with Gasteiger partial charge in [0.15, 0.2) is 0 Å². The summed E-state index contributed by atoms with van der Waals surface area (Å²) >= 11 is 0. The maximum absolute atomic E-state index is 6.78. The fourth-order valence-electron chi connectivity index (χ4n) is 8.95. The Kier molecular flexibility index (Phi) is 8.09. The molecule has 0 aliphatic heterocycles. The zero-order valence-electron chi connectivity index (χ0n) is 33.4. The maximum Gasteiger partial charge on any atom is 0.146 e. The van der Waals surface area contributed by atoms with Gasteiger partial charge < -0.3 is 4.74 Å². The quantitative estimate of drug-likeness (QED) is 0.152. The van der Waals surface area contributed by atoms with Crippen molar-refractivity contribution in [1.82, 2.24) is 23.9 Å². The van der Waals surface area contributed by atoms with E-state index in [9.17, 15) is 0 Å². The van der Waals surface area contributed by atoms with E-state index in [-0.39, 0.29) is 11.8 Å². The molecule has 0 N–H and O–H groups in total. The molecule has 11 rings (SSSR count). The van der Waals surface area contributed by atoms with Gasteiger partial charge in [-0.15, -0.1) is 0 Å². The molecule has 0 aliphatic carbocycles. The Morgan fingerprint density at radius 1 is 0.508 bits per heavy atom. The first-order valence-electron chi connectivity index (χ1n) is 20.4. The van der Waals surface area contributed by atoms with Crippen molar-refractivity contribution in [2.45, 2.75) is 39.5 Å². The van der Waals surface area contributed by atoms with Crippen molar-refractivity contribution in [1.29, 1.82) is 0 Å². The van der Waals surface area contributed by atoms with Crippen LogP contribution >= 0.6 is 0 Å². The number of imidazole rings is 2. The van der Waals surface area contributed by atoms with Gasteiger partial charge in [0.2, 0.25) is 0 Å². The fraction of sp³-hybridized carbons (Fsp3) is 0.113. The van der Waals surface area contributed by atoms with Gasteiger partial charge in [0.1, 0.15) is 23.0 Å². The predicted molar refractivity (Wildman–Crippen MR) is 243 cm³/mol. The molecule has 0 saturated carbocycles. The zero-order chi connectivity index (χ0) is 39.8. The molecule has 6 nitrogen and oxygen atoms in total. The molecular weight excluding hydrogens is 723 g/mol. The Bertz CT molecular complexity index is 3400. The highest BCUT2D eigenvalue weighted by molar-refractivity contribution is 6.17. The second kappa shape index (κ2) is 13.7. The summed E-state index contributed by atoms with van der Waals surface area (Å²) in [7, 11) is 0. The molecule has 59 heavy (non-hydrogen) atoms. The van der Waals surface area contributed by atoms with Gasteiger partial charge in [-0.2, -0.15) is 0 Å². The standard InChI is InChI=1S/C53H41N5O/c1-32(2)43-28-37(34-13-6-5-7-14-34)29-44(33(3)4)50(43)58-49-20-11-9-18-46(49)55-52(58)35-15-12-16-38(27-35)59-39-22-23-41-42-17-8-10-19-48(42)57-51-40-25-26-54-31-36(40)21-24-47(51)56-53(57)45(41)30-39/h5-33H,1-4H3. The summed E-state index contributed by atoms with van der Waals surface area (Å²) in [6.45, 7) is 9.15. The first kappa shape index (κ1) is 34.9. The lowest BCUT2D eigenvalue weighted by molar-refractivity contribution is 0.483. The van der Waals surface area contributed by atoms with Gasteiger partial charge in [0, 0.05) is 39.5 Å². The summed E-state index contributed by atoms with van der Waals surface area (Å²) in [6.07, 6.45) is 3.77. The largest absolute Gasteiger partial charge is 0.457 e. The summed E-state index contributed by atoms with van der Waals surface area (Å²) in [5.74, 6) is 2.90. The smallest absolute Gasteiger partial charge is 0.146 e. The Labute approximate surface area is 342 Å². The maximum atomic E-state index is 6.78. The van der Waals surface area contributed by atoms with Crippen LogP contribution in [0.25, 0.3) is 88.4 Å². The fourth-order valence-corrected chi connectivity index (χ4v) is 8.95. The van der Waals surface area contributed by atoms with Crippen LogP contribution in [0.5, 0.6) is 11.5 Å². The highest BCUT2D eigenvalue weighted by Crippen LogP contribution is 2.42. The number of aromatic nitrogens is 5. The molecule has 0 radical (unpaired) electrons. The van der Waals surface area contributed by atoms with E-state index >= 15 is 0 Å². The van der Waals surface area contributed by atoms with Crippen LogP contribution in [0.2, 0.25) is 0 Å². The monoisotopic (exact) mass is 763 g/mol.